The summed E-state index contributed by atoms with van der Waals surface area (Å²) < 4.78 is 6.86. The van der Waals surface area contributed by atoms with Crippen molar-refractivity contribution < 1.29 is 4.74 Å². The molecule has 0 aliphatic carbocycles. The van der Waals surface area contributed by atoms with E-state index in [1.807, 2.05) is 6.07 Å². The Morgan fingerprint density at radius 3 is 2.56 bits per heavy atom. The molecule has 0 saturated heterocycles. The third kappa shape index (κ3) is 4.54. The van der Waals surface area contributed by atoms with Gasteiger partial charge in [-0.15, -0.1) is 0 Å². The zero-order valence-electron chi connectivity index (χ0n) is 10.4. The van der Waals surface area contributed by atoms with Crippen molar-refractivity contribution in [2.45, 2.75) is 39.8 Å². The zero-order valence-corrected chi connectivity index (χ0v) is 12.0. The lowest BCUT2D eigenvalue weighted by Crippen LogP contribution is -2.33. The van der Waals surface area contributed by atoms with Crippen LogP contribution in [-0.2, 0) is 0 Å². The minimum Gasteiger partial charge on any atom is -0.488 e. The second kappa shape index (κ2) is 6.26. The molecule has 0 aliphatic rings. The molecule has 0 radical (unpaired) electrons. The maximum absolute atomic E-state index is 5.84. The molecular weight excluding hydrogens is 266 g/mol. The van der Waals surface area contributed by atoms with Crippen molar-refractivity contribution in [3.05, 3.63) is 28.2 Å². The van der Waals surface area contributed by atoms with E-state index in [1.54, 1.807) is 0 Å². The van der Waals surface area contributed by atoms with Gasteiger partial charge in [-0.25, -0.2) is 0 Å². The normalized spacial score (nSPS) is 12.9. The number of benzene rings is 1. The number of halogens is 1. The Morgan fingerprint density at radius 2 is 2.00 bits per heavy atom. The summed E-state index contributed by atoms with van der Waals surface area (Å²) in [6, 6.07) is 6.62. The summed E-state index contributed by atoms with van der Waals surface area (Å²) in [4.78, 5) is 0. The third-order valence-corrected chi connectivity index (χ3v) is 2.85. The molecule has 0 fully saturated rings. The van der Waals surface area contributed by atoms with Crippen molar-refractivity contribution in [3.8, 4) is 5.75 Å². The molecule has 1 N–H and O–H groups in total. The summed E-state index contributed by atoms with van der Waals surface area (Å²) in [7, 11) is 0. The van der Waals surface area contributed by atoms with Crippen LogP contribution in [0.1, 0.15) is 26.3 Å². The molecule has 0 spiro atoms. The average molecular weight is 286 g/mol. The highest BCUT2D eigenvalue weighted by Crippen LogP contribution is 2.26. The van der Waals surface area contributed by atoms with Gasteiger partial charge in [0.05, 0.1) is 4.47 Å². The summed E-state index contributed by atoms with van der Waals surface area (Å²) in [5, 5.41) is 3.36. The molecule has 1 aromatic rings. The summed E-state index contributed by atoms with van der Waals surface area (Å²) in [6.45, 7) is 9.26. The van der Waals surface area contributed by atoms with Gasteiger partial charge >= 0.3 is 0 Å². The van der Waals surface area contributed by atoms with Gasteiger partial charge in [-0.2, -0.15) is 0 Å². The first-order valence-corrected chi connectivity index (χ1v) is 6.44. The molecule has 90 valence electrons. The Kier molecular flexibility index (Phi) is 5.29. The lowest BCUT2D eigenvalue weighted by Gasteiger charge is -2.18. The molecule has 1 unspecified atom stereocenters. The van der Waals surface area contributed by atoms with E-state index in [0.717, 1.165) is 16.8 Å². The van der Waals surface area contributed by atoms with Crippen molar-refractivity contribution in [2.75, 3.05) is 6.54 Å². The smallest absolute Gasteiger partial charge is 0.133 e. The first-order valence-electron chi connectivity index (χ1n) is 5.65. The van der Waals surface area contributed by atoms with Crippen LogP contribution in [0, 0.1) is 6.92 Å². The fraction of sp³-hybridized carbons (Fsp3) is 0.538. The van der Waals surface area contributed by atoms with Gasteiger partial charge in [-0.1, -0.05) is 19.9 Å². The summed E-state index contributed by atoms with van der Waals surface area (Å²) in [5.74, 6) is 0.906. The third-order valence-electron chi connectivity index (χ3n) is 2.23. The highest BCUT2D eigenvalue weighted by molar-refractivity contribution is 9.10. The van der Waals surface area contributed by atoms with Gasteiger partial charge in [0.15, 0.2) is 0 Å². The van der Waals surface area contributed by atoms with E-state index in [4.69, 9.17) is 4.74 Å². The van der Waals surface area contributed by atoms with Crippen molar-refractivity contribution in [2.24, 2.45) is 0 Å². The molecular formula is C13H20BrNO. The molecule has 0 saturated carbocycles. The van der Waals surface area contributed by atoms with E-state index in [9.17, 15) is 0 Å². The minimum absolute atomic E-state index is 0.168. The number of rotatable bonds is 5. The van der Waals surface area contributed by atoms with E-state index in [0.29, 0.717) is 6.04 Å². The van der Waals surface area contributed by atoms with Gasteiger partial charge in [-0.05, 0) is 47.5 Å². The van der Waals surface area contributed by atoms with Crippen LogP contribution < -0.4 is 10.1 Å². The molecule has 1 aromatic carbocycles. The van der Waals surface area contributed by atoms with E-state index in [1.165, 1.54) is 5.56 Å². The molecule has 0 aromatic heterocycles. The number of nitrogens with one attached hydrogen (secondary N) is 1. The predicted molar refractivity (Wildman–Crippen MR) is 72.1 cm³/mol. The largest absolute Gasteiger partial charge is 0.488 e. The van der Waals surface area contributed by atoms with Gasteiger partial charge < -0.3 is 10.1 Å². The Hall–Kier alpha value is -0.540. The predicted octanol–water partition coefficient (Wildman–Crippen LogP) is 3.52. The van der Waals surface area contributed by atoms with Crippen molar-refractivity contribution in [1.29, 1.82) is 0 Å². The fourth-order valence-electron chi connectivity index (χ4n) is 1.36. The number of hydrogen-bond acceptors (Lipinski definition) is 2. The molecule has 1 atom stereocenters. The lowest BCUT2D eigenvalue weighted by molar-refractivity contribution is 0.212. The SMILES string of the molecule is Cc1ccc(OC(C)CNC(C)C)c(Br)c1. The quantitative estimate of drug-likeness (QED) is 0.894. The van der Waals surface area contributed by atoms with Gasteiger partial charge in [0, 0.05) is 12.6 Å². The van der Waals surface area contributed by atoms with Crippen molar-refractivity contribution in [1.82, 2.24) is 5.32 Å². The molecule has 0 amide bonds. The van der Waals surface area contributed by atoms with Crippen LogP contribution in [0.5, 0.6) is 5.75 Å². The van der Waals surface area contributed by atoms with Crippen LogP contribution in [0.15, 0.2) is 22.7 Å². The lowest BCUT2D eigenvalue weighted by atomic mass is 10.2. The van der Waals surface area contributed by atoms with E-state index in [-0.39, 0.29) is 6.10 Å². The molecule has 16 heavy (non-hydrogen) atoms. The first kappa shape index (κ1) is 13.5. The highest BCUT2D eigenvalue weighted by Gasteiger charge is 2.07. The fourth-order valence-corrected chi connectivity index (χ4v) is 1.95. The number of ether oxygens (including phenoxy) is 1. The Labute approximate surface area is 107 Å². The monoisotopic (exact) mass is 285 g/mol. The van der Waals surface area contributed by atoms with E-state index < -0.39 is 0 Å². The summed E-state index contributed by atoms with van der Waals surface area (Å²) >= 11 is 3.51. The minimum atomic E-state index is 0.168. The highest BCUT2D eigenvalue weighted by atomic mass is 79.9. The first-order chi connectivity index (χ1) is 7.49. The molecule has 1 rings (SSSR count). The maximum atomic E-state index is 5.84. The second-order valence-corrected chi connectivity index (χ2v) is 5.28. The standard InChI is InChI=1S/C13H20BrNO/c1-9(2)15-8-11(4)16-13-6-5-10(3)7-12(13)14/h5-7,9,11,15H,8H2,1-4H3. The topological polar surface area (TPSA) is 21.3 Å². The Bertz CT molecular complexity index is 339. The van der Waals surface area contributed by atoms with E-state index in [2.05, 4.69) is 61.1 Å². The van der Waals surface area contributed by atoms with Crippen molar-refractivity contribution in [3.63, 3.8) is 0 Å². The molecule has 3 heteroatoms. The zero-order chi connectivity index (χ0) is 12.1. The number of aryl methyl sites for hydroxylation is 1. The van der Waals surface area contributed by atoms with Crippen LogP contribution in [0.25, 0.3) is 0 Å². The van der Waals surface area contributed by atoms with Crippen molar-refractivity contribution >= 4 is 15.9 Å². The second-order valence-electron chi connectivity index (χ2n) is 4.43. The van der Waals surface area contributed by atoms with Crippen LogP contribution in [0.3, 0.4) is 0 Å². The van der Waals surface area contributed by atoms with Crippen LogP contribution >= 0.6 is 15.9 Å². The molecule has 0 heterocycles. The Morgan fingerprint density at radius 1 is 1.31 bits per heavy atom. The van der Waals surface area contributed by atoms with Crippen LogP contribution in [-0.4, -0.2) is 18.7 Å². The summed E-state index contributed by atoms with van der Waals surface area (Å²) in [5.41, 5.74) is 1.23. The summed E-state index contributed by atoms with van der Waals surface area (Å²) in [6.07, 6.45) is 0.168. The Balaban J connectivity index is 2.52. The molecule has 0 bridgehead atoms. The van der Waals surface area contributed by atoms with Gasteiger partial charge in [-0.3, -0.25) is 0 Å². The van der Waals surface area contributed by atoms with E-state index >= 15 is 0 Å². The van der Waals surface area contributed by atoms with Crippen LogP contribution in [0.4, 0.5) is 0 Å². The maximum Gasteiger partial charge on any atom is 0.133 e. The number of hydrogen-bond donors (Lipinski definition) is 1. The van der Waals surface area contributed by atoms with Crippen LogP contribution in [0.2, 0.25) is 0 Å². The van der Waals surface area contributed by atoms with Gasteiger partial charge in [0.25, 0.3) is 0 Å². The average Bonchev–Trinajstić information content (AvgIpc) is 2.19. The molecule has 0 aliphatic heterocycles. The van der Waals surface area contributed by atoms with Gasteiger partial charge in [0.1, 0.15) is 11.9 Å². The van der Waals surface area contributed by atoms with Gasteiger partial charge in [0.2, 0.25) is 0 Å². The molecule has 2 nitrogen and oxygen atoms in total.